The van der Waals surface area contributed by atoms with Crippen LogP contribution in [-0.4, -0.2) is 47.6 Å². The van der Waals surface area contributed by atoms with Crippen molar-refractivity contribution in [3.63, 3.8) is 0 Å². The van der Waals surface area contributed by atoms with Gasteiger partial charge in [-0.3, -0.25) is 0 Å². The van der Waals surface area contributed by atoms with Crippen molar-refractivity contribution in [2.45, 2.75) is 0 Å². The number of carboxylic acids is 2. The SMILES string of the molecule is O=C(O)c1ccc(N2COC(=O)c3cc4c(cc32)C(=O)OCN4c2ccc(C(=O)O)cc2)cc1. The van der Waals surface area contributed by atoms with Gasteiger partial charge in [-0.05, 0) is 60.7 Å². The molecule has 10 heteroatoms. The highest BCUT2D eigenvalue weighted by molar-refractivity contribution is 6.06. The van der Waals surface area contributed by atoms with Gasteiger partial charge in [-0.15, -0.1) is 0 Å². The third kappa shape index (κ3) is 3.47. The average Bonchev–Trinajstić information content (AvgIpc) is 2.84. The first-order valence-electron chi connectivity index (χ1n) is 10.1. The molecule has 3 aromatic rings. The van der Waals surface area contributed by atoms with E-state index in [1.165, 1.54) is 36.4 Å². The van der Waals surface area contributed by atoms with Crippen molar-refractivity contribution < 1.29 is 38.9 Å². The minimum absolute atomic E-state index is 0.108. The Hall–Kier alpha value is -4.86. The lowest BCUT2D eigenvalue weighted by molar-refractivity contribution is 0.0473. The second-order valence-electron chi connectivity index (χ2n) is 7.57. The molecule has 0 spiro atoms. The van der Waals surface area contributed by atoms with Gasteiger partial charge >= 0.3 is 23.9 Å². The first-order valence-corrected chi connectivity index (χ1v) is 10.1. The van der Waals surface area contributed by atoms with Crippen LogP contribution in [0.3, 0.4) is 0 Å². The van der Waals surface area contributed by atoms with E-state index in [9.17, 15) is 19.2 Å². The molecule has 0 saturated heterocycles. The van der Waals surface area contributed by atoms with Crippen LogP contribution >= 0.6 is 0 Å². The highest BCUT2D eigenvalue weighted by Crippen LogP contribution is 2.41. The van der Waals surface area contributed by atoms with E-state index in [-0.39, 0.29) is 35.7 Å². The average molecular weight is 460 g/mol. The van der Waals surface area contributed by atoms with Crippen molar-refractivity contribution in [3.8, 4) is 0 Å². The summed E-state index contributed by atoms with van der Waals surface area (Å²) in [5, 5.41) is 18.3. The van der Waals surface area contributed by atoms with E-state index in [2.05, 4.69) is 0 Å². The van der Waals surface area contributed by atoms with Crippen molar-refractivity contribution >= 4 is 46.6 Å². The topological polar surface area (TPSA) is 134 Å². The molecule has 0 amide bonds. The summed E-state index contributed by atoms with van der Waals surface area (Å²) in [6, 6.07) is 15.1. The van der Waals surface area contributed by atoms with Crippen molar-refractivity contribution in [2.24, 2.45) is 0 Å². The molecule has 0 fully saturated rings. The zero-order valence-electron chi connectivity index (χ0n) is 17.4. The lowest BCUT2D eigenvalue weighted by Gasteiger charge is -2.35. The molecule has 34 heavy (non-hydrogen) atoms. The number of carboxylic acid groups (broad SMARTS) is 2. The third-order valence-electron chi connectivity index (χ3n) is 5.64. The maximum Gasteiger partial charge on any atom is 0.342 e. The Morgan fingerprint density at radius 2 is 1.00 bits per heavy atom. The first kappa shape index (κ1) is 21.0. The number of hydrogen-bond acceptors (Lipinski definition) is 8. The molecule has 5 rings (SSSR count). The molecule has 0 unspecified atom stereocenters. The smallest absolute Gasteiger partial charge is 0.342 e. The van der Waals surface area contributed by atoms with Gasteiger partial charge in [0.25, 0.3) is 0 Å². The summed E-state index contributed by atoms with van der Waals surface area (Å²) >= 11 is 0. The normalized spacial score (nSPS) is 14.6. The minimum Gasteiger partial charge on any atom is -0.478 e. The molecule has 0 radical (unpaired) electrons. The highest BCUT2D eigenvalue weighted by atomic mass is 16.6. The van der Waals surface area contributed by atoms with Crippen LogP contribution in [0.1, 0.15) is 41.4 Å². The number of cyclic esters (lactones) is 2. The van der Waals surface area contributed by atoms with E-state index in [1.807, 2.05) is 0 Å². The monoisotopic (exact) mass is 460 g/mol. The number of nitrogens with zero attached hydrogens (tertiary/aromatic N) is 2. The fourth-order valence-electron chi connectivity index (χ4n) is 3.89. The Balaban J connectivity index is 1.59. The van der Waals surface area contributed by atoms with Crippen LogP contribution in [0.2, 0.25) is 0 Å². The Labute approximate surface area is 192 Å². The molecule has 170 valence electrons. The number of rotatable bonds is 4. The zero-order valence-corrected chi connectivity index (χ0v) is 17.4. The largest absolute Gasteiger partial charge is 0.478 e. The predicted molar refractivity (Wildman–Crippen MR) is 118 cm³/mol. The summed E-state index contributed by atoms with van der Waals surface area (Å²) in [5.41, 5.74) is 2.63. The maximum atomic E-state index is 12.6. The van der Waals surface area contributed by atoms with Crippen molar-refractivity contribution in [2.75, 3.05) is 23.3 Å². The van der Waals surface area contributed by atoms with Crippen molar-refractivity contribution in [1.82, 2.24) is 0 Å². The number of carbonyl (C=O) groups excluding carboxylic acids is 2. The molecule has 2 heterocycles. The number of carbonyl (C=O) groups is 4. The van der Waals surface area contributed by atoms with E-state index in [4.69, 9.17) is 19.7 Å². The predicted octanol–water partition coefficient (Wildman–Crippen LogP) is 3.62. The summed E-state index contributed by atoms with van der Waals surface area (Å²) in [5.74, 6) is -3.27. The molecule has 0 aliphatic carbocycles. The molecule has 0 bridgehead atoms. The van der Waals surface area contributed by atoms with Gasteiger partial charge in [0.15, 0.2) is 13.5 Å². The zero-order chi connectivity index (χ0) is 24.0. The van der Waals surface area contributed by atoms with Crippen LogP contribution in [0.5, 0.6) is 0 Å². The highest BCUT2D eigenvalue weighted by Gasteiger charge is 2.33. The first-order chi connectivity index (χ1) is 16.3. The van der Waals surface area contributed by atoms with Crippen LogP contribution in [0.4, 0.5) is 22.7 Å². The lowest BCUT2D eigenvalue weighted by atomic mass is 10.0. The summed E-state index contributed by atoms with van der Waals surface area (Å²) < 4.78 is 10.6. The maximum absolute atomic E-state index is 12.6. The molecule has 10 nitrogen and oxygen atoms in total. The summed E-state index contributed by atoms with van der Waals surface area (Å²) in [4.78, 5) is 50.8. The van der Waals surface area contributed by atoms with E-state index in [0.29, 0.717) is 22.7 Å². The molecule has 0 aromatic heterocycles. The van der Waals surface area contributed by atoms with E-state index in [1.54, 1.807) is 34.1 Å². The van der Waals surface area contributed by atoms with E-state index < -0.39 is 23.9 Å². The molecule has 2 aliphatic heterocycles. The van der Waals surface area contributed by atoms with Crippen LogP contribution in [0.15, 0.2) is 60.7 Å². The van der Waals surface area contributed by atoms with Gasteiger partial charge in [0.05, 0.1) is 33.6 Å². The molecule has 0 atom stereocenters. The number of anilines is 4. The quantitative estimate of drug-likeness (QED) is 0.556. The van der Waals surface area contributed by atoms with Crippen LogP contribution in [-0.2, 0) is 9.47 Å². The molecular formula is C24H16N2O8. The summed E-state index contributed by atoms with van der Waals surface area (Å²) in [7, 11) is 0. The van der Waals surface area contributed by atoms with Gasteiger partial charge in [0.1, 0.15) is 0 Å². The molecule has 3 aromatic carbocycles. The van der Waals surface area contributed by atoms with Crippen LogP contribution in [0.25, 0.3) is 0 Å². The molecule has 0 saturated carbocycles. The number of hydrogen-bond donors (Lipinski definition) is 2. The van der Waals surface area contributed by atoms with Gasteiger partial charge in [0.2, 0.25) is 0 Å². The van der Waals surface area contributed by atoms with Gasteiger partial charge < -0.3 is 29.5 Å². The fourth-order valence-corrected chi connectivity index (χ4v) is 3.89. The summed E-state index contributed by atoms with van der Waals surface area (Å²) in [6.45, 7) is -0.237. The van der Waals surface area contributed by atoms with Gasteiger partial charge in [-0.1, -0.05) is 0 Å². The molecule has 2 aliphatic rings. The van der Waals surface area contributed by atoms with E-state index in [0.717, 1.165) is 0 Å². The second kappa shape index (κ2) is 7.93. The number of benzene rings is 3. The second-order valence-corrected chi connectivity index (χ2v) is 7.57. The third-order valence-corrected chi connectivity index (χ3v) is 5.64. The number of aromatic carboxylic acids is 2. The Morgan fingerprint density at radius 3 is 1.32 bits per heavy atom. The van der Waals surface area contributed by atoms with Crippen LogP contribution in [0, 0.1) is 0 Å². The van der Waals surface area contributed by atoms with Crippen LogP contribution < -0.4 is 9.80 Å². The number of ether oxygens (including phenoxy) is 2. The Kier molecular flexibility index (Phi) is 4.90. The number of fused-ring (bicyclic) bond motifs is 2. The molecule has 2 N–H and O–H groups in total. The van der Waals surface area contributed by atoms with Gasteiger partial charge in [-0.25, -0.2) is 19.2 Å². The standard InChI is InChI=1S/C24H16N2O8/c27-21(28)13-1-5-15(6-2-13)25-11-33-23(31)17-10-20-18(9-19(17)25)24(32)34-12-26(20)16-7-3-14(4-8-16)22(29)30/h1-10H,11-12H2,(H,27,28)(H,29,30). The van der Waals surface area contributed by atoms with Gasteiger partial charge in [0, 0.05) is 11.4 Å². The van der Waals surface area contributed by atoms with Crippen molar-refractivity contribution in [3.05, 3.63) is 82.9 Å². The Morgan fingerprint density at radius 1 is 0.647 bits per heavy atom. The fraction of sp³-hybridized carbons (Fsp3) is 0.0833. The minimum atomic E-state index is -1.06. The van der Waals surface area contributed by atoms with E-state index >= 15 is 0 Å². The number of esters is 2. The summed E-state index contributed by atoms with van der Waals surface area (Å²) in [6.07, 6.45) is 0. The van der Waals surface area contributed by atoms with Gasteiger partial charge in [-0.2, -0.15) is 0 Å². The molecular weight excluding hydrogens is 444 g/mol. The Bertz CT molecular complexity index is 1240. The van der Waals surface area contributed by atoms with Crippen molar-refractivity contribution in [1.29, 1.82) is 0 Å². The lowest BCUT2D eigenvalue weighted by Crippen LogP contribution is -2.34.